The van der Waals surface area contributed by atoms with Crippen molar-refractivity contribution in [3.8, 4) is 0 Å². The molecule has 9 heteroatoms. The molecule has 1 atom stereocenters. The van der Waals surface area contributed by atoms with Crippen molar-refractivity contribution in [1.29, 1.82) is 0 Å². The van der Waals surface area contributed by atoms with Crippen LogP contribution >= 0.6 is 35.0 Å². The number of ether oxygens (including phenoxy) is 1. The first kappa shape index (κ1) is 19.5. The number of nitrogens with zero attached hydrogens (tertiary/aromatic N) is 3. The lowest BCUT2D eigenvalue weighted by Gasteiger charge is -2.14. The number of rotatable bonds is 7. The number of halogens is 2. The third-order valence-electron chi connectivity index (χ3n) is 4.06. The standard InChI is InChI=1S/C17H20Cl2N4O2S/c1-2-15-21-22-17(23(15)9-12-4-3-7-25-12)26-10-16(24)20-11-5-6-13(18)14(19)8-11/h5-6,8,12H,2-4,7,9-10H2,1H3,(H,20,24). The molecule has 6 nitrogen and oxygen atoms in total. The number of benzene rings is 1. The summed E-state index contributed by atoms with van der Waals surface area (Å²) in [4.78, 5) is 12.2. The van der Waals surface area contributed by atoms with Crippen LogP contribution < -0.4 is 5.32 Å². The molecule has 1 saturated heterocycles. The minimum atomic E-state index is -0.141. The number of hydrogen-bond acceptors (Lipinski definition) is 5. The molecule has 26 heavy (non-hydrogen) atoms. The highest BCUT2D eigenvalue weighted by Crippen LogP contribution is 2.26. The molecule has 140 valence electrons. The summed E-state index contributed by atoms with van der Waals surface area (Å²) in [6, 6.07) is 4.99. The molecule has 1 aromatic heterocycles. The summed E-state index contributed by atoms with van der Waals surface area (Å²) in [5, 5.41) is 12.9. The van der Waals surface area contributed by atoms with Gasteiger partial charge in [-0.3, -0.25) is 4.79 Å². The molecule has 1 unspecified atom stereocenters. The molecular formula is C17H20Cl2N4O2S. The second-order valence-electron chi connectivity index (χ2n) is 5.96. The molecular weight excluding hydrogens is 395 g/mol. The normalized spacial score (nSPS) is 16.8. The number of aromatic nitrogens is 3. The van der Waals surface area contributed by atoms with Crippen molar-refractivity contribution >= 4 is 46.6 Å². The molecule has 1 aliphatic rings. The summed E-state index contributed by atoms with van der Waals surface area (Å²) < 4.78 is 7.78. The Hall–Kier alpha value is -1.28. The van der Waals surface area contributed by atoms with Crippen molar-refractivity contribution in [1.82, 2.24) is 14.8 Å². The molecule has 0 saturated carbocycles. The topological polar surface area (TPSA) is 69.0 Å². The molecule has 2 heterocycles. The van der Waals surface area contributed by atoms with Crippen LogP contribution in [-0.2, 0) is 22.5 Å². The Bertz CT molecular complexity index is 778. The van der Waals surface area contributed by atoms with Gasteiger partial charge in [0.15, 0.2) is 5.16 Å². The maximum Gasteiger partial charge on any atom is 0.234 e. The van der Waals surface area contributed by atoms with Gasteiger partial charge < -0.3 is 14.6 Å². The fourth-order valence-corrected chi connectivity index (χ4v) is 3.83. The SMILES string of the molecule is CCc1nnc(SCC(=O)Nc2ccc(Cl)c(Cl)c2)n1CC1CCCO1. The molecule has 0 bridgehead atoms. The van der Waals surface area contributed by atoms with E-state index in [1.165, 1.54) is 11.8 Å². The molecule has 0 aliphatic carbocycles. The number of amides is 1. The number of carbonyl (C=O) groups is 1. The van der Waals surface area contributed by atoms with E-state index >= 15 is 0 Å². The van der Waals surface area contributed by atoms with Gasteiger partial charge in [0.05, 0.1) is 28.4 Å². The number of anilines is 1. The van der Waals surface area contributed by atoms with Crippen LogP contribution in [0.2, 0.25) is 10.0 Å². The van der Waals surface area contributed by atoms with Crippen molar-refractivity contribution in [2.45, 2.75) is 44.0 Å². The molecule has 3 rings (SSSR count). The van der Waals surface area contributed by atoms with Gasteiger partial charge in [-0.15, -0.1) is 10.2 Å². The van der Waals surface area contributed by atoms with Crippen molar-refractivity contribution in [3.05, 3.63) is 34.1 Å². The highest BCUT2D eigenvalue weighted by atomic mass is 35.5. The van der Waals surface area contributed by atoms with Crippen LogP contribution in [0.4, 0.5) is 5.69 Å². The predicted molar refractivity (Wildman–Crippen MR) is 104 cm³/mol. The molecule has 1 aliphatic heterocycles. The van der Waals surface area contributed by atoms with E-state index in [2.05, 4.69) is 20.1 Å². The van der Waals surface area contributed by atoms with Crippen LogP contribution in [0.5, 0.6) is 0 Å². The average molecular weight is 415 g/mol. The summed E-state index contributed by atoms with van der Waals surface area (Å²) in [6.07, 6.45) is 3.11. The lowest BCUT2D eigenvalue weighted by Crippen LogP contribution is -2.19. The second kappa shape index (κ2) is 9.08. The summed E-state index contributed by atoms with van der Waals surface area (Å²) in [7, 11) is 0. The fourth-order valence-electron chi connectivity index (χ4n) is 2.76. The van der Waals surface area contributed by atoms with E-state index < -0.39 is 0 Å². The van der Waals surface area contributed by atoms with Gasteiger partial charge >= 0.3 is 0 Å². The first-order valence-electron chi connectivity index (χ1n) is 8.48. The third-order valence-corrected chi connectivity index (χ3v) is 5.76. The van der Waals surface area contributed by atoms with Gasteiger partial charge in [-0.2, -0.15) is 0 Å². The summed E-state index contributed by atoms with van der Waals surface area (Å²) in [6.45, 7) is 3.58. The zero-order chi connectivity index (χ0) is 18.5. The highest BCUT2D eigenvalue weighted by Gasteiger charge is 2.21. The number of carbonyl (C=O) groups excluding carboxylic acids is 1. The van der Waals surface area contributed by atoms with Crippen LogP contribution in [0.3, 0.4) is 0 Å². The largest absolute Gasteiger partial charge is 0.376 e. The van der Waals surface area contributed by atoms with Crippen LogP contribution in [-0.4, -0.2) is 39.1 Å². The second-order valence-corrected chi connectivity index (χ2v) is 7.72. The zero-order valence-electron chi connectivity index (χ0n) is 14.4. The van der Waals surface area contributed by atoms with Crippen LogP contribution in [0.15, 0.2) is 23.4 Å². The van der Waals surface area contributed by atoms with Crippen LogP contribution in [0.25, 0.3) is 0 Å². The minimum absolute atomic E-state index is 0.141. The molecule has 0 spiro atoms. The van der Waals surface area contributed by atoms with Gasteiger partial charge in [-0.25, -0.2) is 0 Å². The van der Waals surface area contributed by atoms with Crippen LogP contribution in [0.1, 0.15) is 25.6 Å². The van der Waals surface area contributed by atoms with Gasteiger partial charge in [0, 0.05) is 18.7 Å². The molecule has 1 amide bonds. The van der Waals surface area contributed by atoms with Gasteiger partial charge in [0.2, 0.25) is 5.91 Å². The number of thioether (sulfide) groups is 1. The first-order valence-corrected chi connectivity index (χ1v) is 10.2. The van der Waals surface area contributed by atoms with E-state index in [0.29, 0.717) is 15.7 Å². The predicted octanol–water partition coefficient (Wildman–Crippen LogP) is 4.06. The van der Waals surface area contributed by atoms with Gasteiger partial charge in [0.1, 0.15) is 5.82 Å². The number of nitrogens with one attached hydrogen (secondary N) is 1. The van der Waals surface area contributed by atoms with E-state index in [1.807, 2.05) is 6.92 Å². The summed E-state index contributed by atoms with van der Waals surface area (Å²) in [5.41, 5.74) is 0.611. The Morgan fingerprint density at radius 2 is 2.23 bits per heavy atom. The Morgan fingerprint density at radius 3 is 2.92 bits per heavy atom. The maximum absolute atomic E-state index is 12.2. The molecule has 1 aromatic carbocycles. The third kappa shape index (κ3) is 4.91. The Morgan fingerprint density at radius 1 is 1.38 bits per heavy atom. The van der Waals surface area contributed by atoms with E-state index in [0.717, 1.165) is 43.4 Å². The quantitative estimate of drug-likeness (QED) is 0.691. The van der Waals surface area contributed by atoms with Crippen molar-refractivity contribution in [3.63, 3.8) is 0 Å². The van der Waals surface area contributed by atoms with Gasteiger partial charge in [0.25, 0.3) is 0 Å². The van der Waals surface area contributed by atoms with Crippen molar-refractivity contribution < 1.29 is 9.53 Å². The number of hydrogen-bond donors (Lipinski definition) is 1. The number of aryl methyl sites for hydroxylation is 1. The van der Waals surface area contributed by atoms with E-state index in [4.69, 9.17) is 27.9 Å². The molecule has 2 aromatic rings. The monoisotopic (exact) mass is 414 g/mol. The van der Waals surface area contributed by atoms with Crippen molar-refractivity contribution in [2.75, 3.05) is 17.7 Å². The van der Waals surface area contributed by atoms with E-state index in [9.17, 15) is 4.79 Å². The first-order chi connectivity index (χ1) is 12.6. The Balaban J connectivity index is 1.60. The summed E-state index contributed by atoms with van der Waals surface area (Å²) >= 11 is 13.2. The average Bonchev–Trinajstić information content (AvgIpc) is 3.26. The molecule has 1 N–H and O–H groups in total. The smallest absolute Gasteiger partial charge is 0.234 e. The molecule has 1 fully saturated rings. The molecule has 0 radical (unpaired) electrons. The van der Waals surface area contributed by atoms with Gasteiger partial charge in [-0.1, -0.05) is 41.9 Å². The Kier molecular flexibility index (Phi) is 6.80. The highest BCUT2D eigenvalue weighted by molar-refractivity contribution is 7.99. The van der Waals surface area contributed by atoms with Crippen LogP contribution in [0, 0.1) is 0 Å². The zero-order valence-corrected chi connectivity index (χ0v) is 16.7. The minimum Gasteiger partial charge on any atom is -0.376 e. The lowest BCUT2D eigenvalue weighted by atomic mass is 10.2. The summed E-state index contributed by atoms with van der Waals surface area (Å²) in [5.74, 6) is 0.999. The maximum atomic E-state index is 12.2. The van der Waals surface area contributed by atoms with Crippen molar-refractivity contribution in [2.24, 2.45) is 0 Å². The fraction of sp³-hybridized carbons (Fsp3) is 0.471. The van der Waals surface area contributed by atoms with E-state index in [-0.39, 0.29) is 17.8 Å². The Labute approximate surface area is 166 Å². The van der Waals surface area contributed by atoms with Gasteiger partial charge in [-0.05, 0) is 31.0 Å². The lowest BCUT2D eigenvalue weighted by molar-refractivity contribution is -0.113. The van der Waals surface area contributed by atoms with E-state index in [1.54, 1.807) is 18.2 Å².